The first kappa shape index (κ1) is 20.1. The van der Waals surface area contributed by atoms with Crippen LogP contribution in [0, 0.1) is 0 Å². The van der Waals surface area contributed by atoms with Gasteiger partial charge in [-0.3, -0.25) is 9.59 Å². The van der Waals surface area contributed by atoms with E-state index in [1.807, 2.05) is 0 Å². The minimum Gasteiger partial charge on any atom is -0.321 e. The summed E-state index contributed by atoms with van der Waals surface area (Å²) in [4.78, 5) is 30.9. The van der Waals surface area contributed by atoms with Crippen molar-refractivity contribution in [3.63, 3.8) is 0 Å². The lowest BCUT2D eigenvalue weighted by Gasteiger charge is -2.13. The standard InChI is InChI=1S/C21H14F3N5O2/c22-21(23,24)15(13-6-2-1-3-7-13)10-18(30)28-16-8-4-5-9-17(16)29-19-14(11-27-29)20(31)26-12-25-19/h1-12H,(H,28,30)(H,25,26,31)/b15-10-. The molecule has 0 unspecified atom stereocenters. The number of allylic oxidation sites excluding steroid dienone is 1. The van der Waals surface area contributed by atoms with E-state index in [4.69, 9.17) is 0 Å². The molecule has 0 aliphatic rings. The number of hydrogen-bond acceptors (Lipinski definition) is 4. The molecule has 1 amide bonds. The van der Waals surface area contributed by atoms with Gasteiger partial charge in [-0.1, -0.05) is 42.5 Å². The van der Waals surface area contributed by atoms with Gasteiger partial charge in [0.1, 0.15) is 5.39 Å². The number of para-hydroxylation sites is 2. The molecule has 156 valence electrons. The third kappa shape index (κ3) is 4.08. The molecule has 0 saturated carbocycles. The molecule has 4 rings (SSSR count). The number of alkyl halides is 3. The Kier molecular flexibility index (Phi) is 5.12. The molecule has 0 atom stereocenters. The summed E-state index contributed by atoms with van der Waals surface area (Å²) >= 11 is 0. The second-order valence-corrected chi connectivity index (χ2v) is 6.45. The van der Waals surface area contributed by atoms with Gasteiger partial charge in [-0.15, -0.1) is 0 Å². The average molecular weight is 425 g/mol. The van der Waals surface area contributed by atoms with Crippen LogP contribution >= 0.6 is 0 Å². The van der Waals surface area contributed by atoms with Gasteiger partial charge in [0.05, 0.1) is 29.5 Å². The number of H-pyrrole nitrogens is 1. The highest BCUT2D eigenvalue weighted by Crippen LogP contribution is 2.34. The largest absolute Gasteiger partial charge is 0.417 e. The normalized spacial score (nSPS) is 12.2. The molecule has 31 heavy (non-hydrogen) atoms. The molecule has 0 radical (unpaired) electrons. The van der Waals surface area contributed by atoms with Gasteiger partial charge in [0.2, 0.25) is 5.91 Å². The lowest BCUT2D eigenvalue weighted by molar-refractivity contribution is -0.112. The molecule has 2 aromatic carbocycles. The summed E-state index contributed by atoms with van der Waals surface area (Å²) in [7, 11) is 0. The molecular weight excluding hydrogens is 411 g/mol. The summed E-state index contributed by atoms with van der Waals surface area (Å²) in [6, 6.07) is 13.4. The maximum absolute atomic E-state index is 13.5. The Morgan fingerprint density at radius 2 is 1.77 bits per heavy atom. The summed E-state index contributed by atoms with van der Waals surface area (Å²) in [6.07, 6.45) is -1.68. The fourth-order valence-corrected chi connectivity index (χ4v) is 3.04. The smallest absolute Gasteiger partial charge is 0.321 e. The maximum atomic E-state index is 13.5. The molecule has 2 aromatic heterocycles. The van der Waals surface area contributed by atoms with E-state index in [9.17, 15) is 22.8 Å². The molecule has 7 nitrogen and oxygen atoms in total. The van der Waals surface area contributed by atoms with Crippen molar-refractivity contribution in [3.8, 4) is 5.69 Å². The van der Waals surface area contributed by atoms with Crippen LogP contribution < -0.4 is 10.9 Å². The molecule has 2 N–H and O–H groups in total. The first-order chi connectivity index (χ1) is 14.8. The van der Waals surface area contributed by atoms with Crippen molar-refractivity contribution < 1.29 is 18.0 Å². The zero-order valence-corrected chi connectivity index (χ0v) is 15.7. The van der Waals surface area contributed by atoms with Crippen LogP contribution in [0.4, 0.5) is 18.9 Å². The monoisotopic (exact) mass is 425 g/mol. The number of halogens is 3. The number of nitrogens with zero attached hydrogens (tertiary/aromatic N) is 3. The number of aromatic nitrogens is 4. The molecule has 0 aliphatic carbocycles. The second-order valence-electron chi connectivity index (χ2n) is 6.45. The van der Waals surface area contributed by atoms with Crippen LogP contribution in [0.3, 0.4) is 0 Å². The van der Waals surface area contributed by atoms with Crippen LogP contribution in [0.5, 0.6) is 0 Å². The summed E-state index contributed by atoms with van der Waals surface area (Å²) in [6.45, 7) is 0. The van der Waals surface area contributed by atoms with Crippen molar-refractivity contribution >= 4 is 28.2 Å². The Bertz CT molecular complexity index is 1340. The van der Waals surface area contributed by atoms with Crippen molar-refractivity contribution in [2.45, 2.75) is 6.18 Å². The van der Waals surface area contributed by atoms with Crippen LogP contribution in [0.2, 0.25) is 0 Å². The maximum Gasteiger partial charge on any atom is 0.417 e. The number of nitrogens with one attached hydrogen (secondary N) is 2. The van der Waals surface area contributed by atoms with Gasteiger partial charge in [-0.2, -0.15) is 18.3 Å². The number of anilines is 1. The number of fused-ring (bicyclic) bond motifs is 1. The Labute approximate surface area is 172 Å². The van der Waals surface area contributed by atoms with E-state index < -0.39 is 23.2 Å². The Morgan fingerprint density at radius 1 is 1.06 bits per heavy atom. The minimum absolute atomic E-state index is 0.125. The first-order valence-corrected chi connectivity index (χ1v) is 9.01. The topological polar surface area (TPSA) is 92.7 Å². The highest BCUT2D eigenvalue weighted by molar-refractivity contribution is 6.05. The zero-order chi connectivity index (χ0) is 22.0. The van der Waals surface area contributed by atoms with Crippen LogP contribution in [0.1, 0.15) is 5.56 Å². The summed E-state index contributed by atoms with van der Waals surface area (Å²) in [5.74, 6) is -0.967. The predicted molar refractivity (Wildman–Crippen MR) is 109 cm³/mol. The van der Waals surface area contributed by atoms with E-state index in [1.54, 1.807) is 24.3 Å². The van der Waals surface area contributed by atoms with Gasteiger partial charge in [0, 0.05) is 6.08 Å². The molecule has 2 heterocycles. The summed E-state index contributed by atoms with van der Waals surface area (Å²) in [5.41, 5.74) is -0.809. The van der Waals surface area contributed by atoms with E-state index in [0.717, 1.165) is 0 Å². The highest BCUT2D eigenvalue weighted by atomic mass is 19.4. The van der Waals surface area contributed by atoms with Crippen LogP contribution in [-0.2, 0) is 4.79 Å². The van der Waals surface area contributed by atoms with Gasteiger partial charge in [-0.25, -0.2) is 9.67 Å². The van der Waals surface area contributed by atoms with Crippen LogP contribution in [0.15, 0.2) is 78.0 Å². The SMILES string of the molecule is O=C(/C=C(/c1ccccc1)C(F)(F)F)Nc1ccccc1-n1ncc2c(=O)[nH]cnc21. The van der Waals surface area contributed by atoms with E-state index in [-0.39, 0.29) is 22.3 Å². The van der Waals surface area contributed by atoms with Crippen LogP contribution in [0.25, 0.3) is 22.3 Å². The zero-order valence-electron chi connectivity index (χ0n) is 15.7. The molecule has 0 aliphatic heterocycles. The Balaban J connectivity index is 1.72. The van der Waals surface area contributed by atoms with Gasteiger partial charge in [0.15, 0.2) is 5.65 Å². The fraction of sp³-hybridized carbons (Fsp3) is 0.0476. The van der Waals surface area contributed by atoms with E-state index in [2.05, 4.69) is 20.4 Å². The number of aromatic amines is 1. The van der Waals surface area contributed by atoms with Crippen molar-refractivity contribution in [3.05, 3.63) is 89.1 Å². The second kappa shape index (κ2) is 7.90. The molecule has 0 spiro atoms. The quantitative estimate of drug-likeness (QED) is 0.488. The van der Waals surface area contributed by atoms with Gasteiger partial charge in [0.25, 0.3) is 5.56 Å². The van der Waals surface area contributed by atoms with E-state index >= 15 is 0 Å². The van der Waals surface area contributed by atoms with Gasteiger partial charge < -0.3 is 10.3 Å². The molecule has 10 heteroatoms. The lowest BCUT2D eigenvalue weighted by Crippen LogP contribution is -2.17. The Morgan fingerprint density at radius 3 is 2.52 bits per heavy atom. The number of carbonyl (C=O) groups is 1. The summed E-state index contributed by atoms with van der Waals surface area (Å²) in [5, 5.41) is 6.82. The molecule has 0 bridgehead atoms. The number of amides is 1. The first-order valence-electron chi connectivity index (χ1n) is 9.01. The fourth-order valence-electron chi connectivity index (χ4n) is 3.04. The number of hydrogen-bond donors (Lipinski definition) is 2. The Hall–Kier alpha value is -4.21. The van der Waals surface area contributed by atoms with Crippen molar-refractivity contribution in [2.75, 3.05) is 5.32 Å². The molecule has 0 fully saturated rings. The van der Waals surface area contributed by atoms with E-state index in [1.165, 1.54) is 47.5 Å². The highest BCUT2D eigenvalue weighted by Gasteiger charge is 2.35. The van der Waals surface area contributed by atoms with Crippen LogP contribution in [-0.4, -0.2) is 31.8 Å². The van der Waals surface area contributed by atoms with Crippen molar-refractivity contribution in [2.24, 2.45) is 0 Å². The third-order valence-electron chi connectivity index (χ3n) is 4.43. The van der Waals surface area contributed by atoms with Gasteiger partial charge in [-0.05, 0) is 17.7 Å². The lowest BCUT2D eigenvalue weighted by atomic mass is 10.1. The third-order valence-corrected chi connectivity index (χ3v) is 4.43. The van der Waals surface area contributed by atoms with Gasteiger partial charge >= 0.3 is 6.18 Å². The number of benzene rings is 2. The summed E-state index contributed by atoms with van der Waals surface area (Å²) < 4.78 is 41.9. The molecule has 4 aromatic rings. The average Bonchev–Trinajstić information content (AvgIpc) is 3.18. The van der Waals surface area contributed by atoms with Crippen molar-refractivity contribution in [1.29, 1.82) is 0 Å². The molecule has 0 saturated heterocycles. The molecular formula is C21H14F3N5O2. The van der Waals surface area contributed by atoms with Crippen molar-refractivity contribution in [1.82, 2.24) is 19.7 Å². The number of rotatable bonds is 4. The minimum atomic E-state index is -4.72. The van der Waals surface area contributed by atoms with E-state index in [0.29, 0.717) is 11.8 Å². The predicted octanol–water partition coefficient (Wildman–Crippen LogP) is 3.69. The number of carbonyl (C=O) groups excluding carboxylic acids is 1.